The van der Waals surface area contributed by atoms with Crippen molar-refractivity contribution in [1.29, 1.82) is 0 Å². The fourth-order valence-electron chi connectivity index (χ4n) is 2.19. The van der Waals surface area contributed by atoms with E-state index in [1.165, 1.54) is 18.3 Å². The highest BCUT2D eigenvalue weighted by atomic mass is 19.1. The van der Waals surface area contributed by atoms with Crippen LogP contribution >= 0.6 is 0 Å². The minimum Gasteiger partial charge on any atom is -0.347 e. The van der Waals surface area contributed by atoms with Crippen molar-refractivity contribution in [3.63, 3.8) is 0 Å². The lowest BCUT2D eigenvalue weighted by atomic mass is 10.0. The number of hydrogen-bond acceptors (Lipinski definition) is 3. The van der Waals surface area contributed by atoms with Gasteiger partial charge in [0, 0.05) is 12.1 Å². The average molecular weight is 329 g/mol. The van der Waals surface area contributed by atoms with Gasteiger partial charge in [-0.1, -0.05) is 19.1 Å². The van der Waals surface area contributed by atoms with Gasteiger partial charge in [0.05, 0.1) is 18.4 Å². The molecule has 0 saturated carbocycles. The van der Waals surface area contributed by atoms with Crippen LogP contribution in [0.2, 0.25) is 0 Å². The molecule has 126 valence electrons. The highest BCUT2D eigenvalue weighted by Crippen LogP contribution is 2.11. The van der Waals surface area contributed by atoms with Gasteiger partial charge in [-0.25, -0.2) is 4.39 Å². The number of rotatable bonds is 7. The van der Waals surface area contributed by atoms with E-state index in [9.17, 15) is 14.0 Å². The Morgan fingerprint density at radius 1 is 1.25 bits per heavy atom. The van der Waals surface area contributed by atoms with E-state index in [1.54, 1.807) is 31.3 Å². The number of hydrogen-bond donors (Lipinski definition) is 2. The second-order valence-electron chi connectivity index (χ2n) is 5.58. The Bertz CT molecular complexity index is 692. The fourth-order valence-corrected chi connectivity index (χ4v) is 2.19. The maximum atomic E-state index is 13.1. The number of benzene rings is 1. The van der Waals surface area contributed by atoms with Crippen LogP contribution in [0.4, 0.5) is 10.1 Å². The van der Waals surface area contributed by atoms with Gasteiger partial charge in [-0.05, 0) is 42.7 Å². The molecule has 0 fully saturated rings. The third kappa shape index (κ3) is 5.79. The Morgan fingerprint density at radius 2 is 2.08 bits per heavy atom. The molecule has 0 radical (unpaired) electrons. The van der Waals surface area contributed by atoms with Gasteiger partial charge in [-0.2, -0.15) is 0 Å². The summed E-state index contributed by atoms with van der Waals surface area (Å²) >= 11 is 0. The van der Waals surface area contributed by atoms with E-state index in [-0.39, 0.29) is 30.1 Å². The molecule has 0 aliphatic rings. The topological polar surface area (TPSA) is 71.1 Å². The van der Waals surface area contributed by atoms with Crippen molar-refractivity contribution in [3.05, 3.63) is 60.2 Å². The summed E-state index contributed by atoms with van der Waals surface area (Å²) in [6.45, 7) is 1.69. The molecular weight excluding hydrogens is 309 g/mol. The van der Waals surface area contributed by atoms with Crippen molar-refractivity contribution in [2.24, 2.45) is 5.92 Å². The Balaban J connectivity index is 1.72. The van der Waals surface area contributed by atoms with Crippen LogP contribution in [-0.2, 0) is 16.0 Å². The quantitative estimate of drug-likeness (QED) is 0.820. The zero-order valence-corrected chi connectivity index (χ0v) is 13.5. The first-order valence-electron chi connectivity index (χ1n) is 7.76. The molecule has 0 aliphatic heterocycles. The second kappa shape index (κ2) is 8.76. The largest absolute Gasteiger partial charge is 0.347 e. The standard InChI is InChI=1S/C18H20FN3O2/c1-13(7-8-14-4-2-5-15(19)10-14)18(24)21-12-17(23)22-16-6-3-9-20-11-16/h2-6,9-11,13H,7-8,12H2,1H3,(H,21,24)(H,22,23)/t13-/m1/s1. The number of amides is 2. The molecule has 2 N–H and O–H groups in total. The van der Waals surface area contributed by atoms with Gasteiger partial charge in [-0.15, -0.1) is 0 Å². The predicted molar refractivity (Wildman–Crippen MR) is 89.8 cm³/mol. The van der Waals surface area contributed by atoms with Gasteiger partial charge < -0.3 is 10.6 Å². The maximum absolute atomic E-state index is 13.1. The number of carbonyl (C=O) groups excluding carboxylic acids is 2. The number of carbonyl (C=O) groups is 2. The summed E-state index contributed by atoms with van der Waals surface area (Å²) in [5.74, 6) is -1.06. The van der Waals surface area contributed by atoms with Gasteiger partial charge in [-0.3, -0.25) is 14.6 Å². The van der Waals surface area contributed by atoms with Gasteiger partial charge >= 0.3 is 0 Å². The SMILES string of the molecule is C[C@H](CCc1cccc(F)c1)C(=O)NCC(=O)Nc1cccnc1. The van der Waals surface area contributed by atoms with Crippen LogP contribution in [0.5, 0.6) is 0 Å². The van der Waals surface area contributed by atoms with Crippen LogP contribution in [0.15, 0.2) is 48.8 Å². The minimum atomic E-state index is -0.311. The summed E-state index contributed by atoms with van der Waals surface area (Å²) in [5, 5.41) is 5.25. The third-order valence-electron chi connectivity index (χ3n) is 3.57. The molecule has 0 spiro atoms. The Labute approximate surface area is 140 Å². The molecule has 2 rings (SSSR count). The lowest BCUT2D eigenvalue weighted by Gasteiger charge is -2.12. The molecule has 6 heteroatoms. The molecule has 0 aliphatic carbocycles. The first-order valence-corrected chi connectivity index (χ1v) is 7.76. The summed E-state index contributed by atoms with van der Waals surface area (Å²) < 4.78 is 13.1. The van der Waals surface area contributed by atoms with E-state index in [4.69, 9.17) is 0 Å². The summed E-state index contributed by atoms with van der Waals surface area (Å²) in [6.07, 6.45) is 4.33. The molecule has 24 heavy (non-hydrogen) atoms. The van der Waals surface area contributed by atoms with Crippen LogP contribution in [-0.4, -0.2) is 23.3 Å². The maximum Gasteiger partial charge on any atom is 0.243 e. The first kappa shape index (κ1) is 17.6. The monoisotopic (exact) mass is 329 g/mol. The number of anilines is 1. The number of aromatic nitrogens is 1. The Morgan fingerprint density at radius 3 is 2.79 bits per heavy atom. The van der Waals surface area contributed by atoms with Gasteiger partial charge in [0.2, 0.25) is 11.8 Å². The number of pyridine rings is 1. The molecule has 1 aromatic carbocycles. The summed E-state index contributed by atoms with van der Waals surface area (Å²) in [5.41, 5.74) is 1.43. The summed E-state index contributed by atoms with van der Waals surface area (Å²) in [7, 11) is 0. The normalized spacial score (nSPS) is 11.6. The van der Waals surface area contributed by atoms with E-state index in [0.717, 1.165) is 5.56 Å². The highest BCUT2D eigenvalue weighted by Gasteiger charge is 2.14. The number of halogens is 1. The van der Waals surface area contributed by atoms with E-state index in [2.05, 4.69) is 15.6 Å². The molecule has 2 amide bonds. The molecule has 5 nitrogen and oxygen atoms in total. The van der Waals surface area contributed by atoms with E-state index >= 15 is 0 Å². The fraction of sp³-hybridized carbons (Fsp3) is 0.278. The Hall–Kier alpha value is -2.76. The van der Waals surface area contributed by atoms with Crippen LogP contribution in [0.3, 0.4) is 0 Å². The zero-order valence-electron chi connectivity index (χ0n) is 13.5. The van der Waals surface area contributed by atoms with Crippen molar-refractivity contribution in [2.75, 3.05) is 11.9 Å². The average Bonchev–Trinajstić information content (AvgIpc) is 2.58. The first-order chi connectivity index (χ1) is 11.5. The molecule has 0 bridgehead atoms. The number of nitrogens with one attached hydrogen (secondary N) is 2. The minimum absolute atomic E-state index is 0.0992. The van der Waals surface area contributed by atoms with Crippen molar-refractivity contribution < 1.29 is 14.0 Å². The molecular formula is C18H20FN3O2. The molecule has 1 aromatic heterocycles. The van der Waals surface area contributed by atoms with Gasteiger partial charge in [0.15, 0.2) is 0 Å². The van der Waals surface area contributed by atoms with Gasteiger partial charge in [0.1, 0.15) is 5.82 Å². The van der Waals surface area contributed by atoms with Crippen molar-refractivity contribution in [2.45, 2.75) is 19.8 Å². The van der Waals surface area contributed by atoms with E-state index in [1.807, 2.05) is 6.07 Å². The smallest absolute Gasteiger partial charge is 0.243 e. The van der Waals surface area contributed by atoms with Crippen molar-refractivity contribution in [1.82, 2.24) is 10.3 Å². The van der Waals surface area contributed by atoms with Crippen molar-refractivity contribution in [3.8, 4) is 0 Å². The van der Waals surface area contributed by atoms with E-state index in [0.29, 0.717) is 18.5 Å². The van der Waals surface area contributed by atoms with Crippen LogP contribution in [0, 0.1) is 11.7 Å². The molecule has 1 atom stereocenters. The Kier molecular flexibility index (Phi) is 6.42. The zero-order chi connectivity index (χ0) is 17.4. The molecule has 0 unspecified atom stereocenters. The van der Waals surface area contributed by atoms with Gasteiger partial charge in [0.25, 0.3) is 0 Å². The number of aryl methyl sites for hydroxylation is 1. The lowest BCUT2D eigenvalue weighted by molar-refractivity contribution is -0.127. The summed E-state index contributed by atoms with van der Waals surface area (Å²) in [4.78, 5) is 27.7. The summed E-state index contributed by atoms with van der Waals surface area (Å²) in [6, 6.07) is 9.76. The highest BCUT2D eigenvalue weighted by molar-refractivity contribution is 5.94. The predicted octanol–water partition coefficient (Wildman–Crippen LogP) is 2.54. The van der Waals surface area contributed by atoms with Crippen molar-refractivity contribution >= 4 is 17.5 Å². The molecule has 2 aromatic rings. The molecule has 0 saturated heterocycles. The van der Waals surface area contributed by atoms with Crippen LogP contribution in [0.25, 0.3) is 0 Å². The lowest BCUT2D eigenvalue weighted by Crippen LogP contribution is -2.36. The second-order valence-corrected chi connectivity index (χ2v) is 5.58. The number of nitrogens with zero attached hydrogens (tertiary/aromatic N) is 1. The van der Waals surface area contributed by atoms with E-state index < -0.39 is 0 Å². The van der Waals surface area contributed by atoms with Crippen LogP contribution < -0.4 is 10.6 Å². The molecule has 1 heterocycles. The van der Waals surface area contributed by atoms with Crippen LogP contribution in [0.1, 0.15) is 18.9 Å². The third-order valence-corrected chi connectivity index (χ3v) is 3.57.